The zero-order valence-corrected chi connectivity index (χ0v) is 22.8. The third-order valence-corrected chi connectivity index (χ3v) is 8.42. The molecule has 1 aromatic heterocycles. The average Bonchev–Trinajstić information content (AvgIpc) is 3.42. The van der Waals surface area contributed by atoms with E-state index in [-0.39, 0.29) is 21.0 Å². The van der Waals surface area contributed by atoms with Gasteiger partial charge in [-0.2, -0.15) is 18.4 Å². The number of carbonyl (C=O) groups is 2. The number of hydrogen-bond donors (Lipinski definition) is 3. The van der Waals surface area contributed by atoms with E-state index in [9.17, 15) is 33.1 Å². The number of hydrogen-bond acceptors (Lipinski definition) is 7. The lowest BCUT2D eigenvalue weighted by molar-refractivity contribution is -0.285. The minimum absolute atomic E-state index is 0.00806. The fraction of sp³-hybridized carbons (Fsp3) is 0.192. The lowest BCUT2D eigenvalue weighted by Gasteiger charge is -2.45. The number of anilines is 1. The average molecular weight is 612 g/mol. The number of aliphatic hydroxyl groups is 1. The number of ketones is 1. The number of Topliss-reactive ketones (excluding diaryl/α,β-unsaturated/α-hetero) is 1. The number of carbonyl (C=O) groups excluding carboxylic acids is 2. The maximum Gasteiger partial charge on any atom is 0.437 e. The fourth-order valence-electron chi connectivity index (χ4n) is 4.23. The van der Waals surface area contributed by atoms with Gasteiger partial charge in [-0.1, -0.05) is 65.3 Å². The first-order valence-electron chi connectivity index (χ1n) is 11.2. The summed E-state index contributed by atoms with van der Waals surface area (Å²) in [6.45, 7) is 0. The van der Waals surface area contributed by atoms with Crippen molar-refractivity contribution >= 4 is 63.7 Å². The quantitative estimate of drug-likeness (QED) is 0.260. The number of nitriles is 1. The van der Waals surface area contributed by atoms with Crippen LogP contribution >= 0.6 is 46.3 Å². The van der Waals surface area contributed by atoms with Crippen LogP contribution in [-0.4, -0.2) is 34.5 Å². The highest BCUT2D eigenvalue weighted by Crippen LogP contribution is 2.52. The molecule has 0 radical (unpaired) electrons. The molecule has 1 aliphatic heterocycles. The normalized spacial score (nSPS) is 21.2. The molecule has 2 heterocycles. The molecule has 2 aromatic carbocycles. The minimum Gasteiger partial charge on any atom is -0.363 e. The van der Waals surface area contributed by atoms with Crippen LogP contribution in [0.2, 0.25) is 10.0 Å². The van der Waals surface area contributed by atoms with Gasteiger partial charge in [0.15, 0.2) is 5.78 Å². The van der Waals surface area contributed by atoms with Crippen LogP contribution < -0.4 is 10.6 Å². The second-order valence-electron chi connectivity index (χ2n) is 8.41. The second-order valence-corrected chi connectivity index (χ2v) is 11.2. The lowest BCUT2D eigenvalue weighted by Crippen LogP contribution is -2.66. The van der Waals surface area contributed by atoms with Crippen molar-refractivity contribution in [2.45, 2.75) is 17.8 Å². The molecule has 3 aromatic rings. The Morgan fingerprint density at radius 1 is 1.15 bits per heavy atom. The van der Waals surface area contributed by atoms with Gasteiger partial charge >= 0.3 is 6.18 Å². The molecule has 0 saturated carbocycles. The van der Waals surface area contributed by atoms with Crippen molar-refractivity contribution in [1.82, 2.24) is 5.32 Å². The summed E-state index contributed by atoms with van der Waals surface area (Å²) in [6, 6.07) is 16.8. The SMILES string of the molecule is N#CC1=C(SCC(=O)Nc2cccc(Cl)c2)NC(O)(C(F)(F)F)C(C(=O)c2cccs2)C1c1ccccc1Cl. The summed E-state index contributed by atoms with van der Waals surface area (Å²) < 4.78 is 43.8. The molecule has 202 valence electrons. The van der Waals surface area contributed by atoms with E-state index in [0.29, 0.717) is 22.5 Å². The van der Waals surface area contributed by atoms with Crippen LogP contribution in [0.15, 0.2) is 76.6 Å². The topological polar surface area (TPSA) is 102 Å². The third kappa shape index (κ3) is 5.95. The Morgan fingerprint density at radius 3 is 2.51 bits per heavy atom. The van der Waals surface area contributed by atoms with E-state index in [2.05, 4.69) is 5.32 Å². The Labute approximate surface area is 239 Å². The Balaban J connectivity index is 1.80. The van der Waals surface area contributed by atoms with E-state index in [1.165, 1.54) is 41.8 Å². The number of thioether (sulfide) groups is 1. The molecular formula is C26H18Cl2F3N3O3S2. The van der Waals surface area contributed by atoms with Crippen molar-refractivity contribution in [3.05, 3.63) is 97.1 Å². The zero-order valence-electron chi connectivity index (χ0n) is 19.6. The Morgan fingerprint density at radius 2 is 1.90 bits per heavy atom. The fourth-order valence-corrected chi connectivity index (χ4v) is 6.28. The van der Waals surface area contributed by atoms with Gasteiger partial charge < -0.3 is 15.7 Å². The highest BCUT2D eigenvalue weighted by molar-refractivity contribution is 8.03. The molecule has 3 atom stereocenters. The van der Waals surface area contributed by atoms with Crippen molar-refractivity contribution in [2.75, 3.05) is 11.1 Å². The van der Waals surface area contributed by atoms with Crippen LogP contribution in [0.3, 0.4) is 0 Å². The molecule has 1 aliphatic rings. The van der Waals surface area contributed by atoms with E-state index in [0.717, 1.165) is 11.3 Å². The first kappa shape index (κ1) is 29.0. The maximum atomic E-state index is 14.6. The summed E-state index contributed by atoms with van der Waals surface area (Å²) in [5, 5.41) is 27.4. The number of nitrogens with one attached hydrogen (secondary N) is 2. The number of rotatable bonds is 7. The monoisotopic (exact) mass is 611 g/mol. The van der Waals surface area contributed by atoms with Gasteiger partial charge in [0.05, 0.1) is 33.2 Å². The highest BCUT2D eigenvalue weighted by atomic mass is 35.5. The van der Waals surface area contributed by atoms with Gasteiger partial charge in [0, 0.05) is 21.7 Å². The molecule has 4 rings (SSSR count). The van der Waals surface area contributed by atoms with Crippen LogP contribution in [0.25, 0.3) is 0 Å². The van der Waals surface area contributed by atoms with Gasteiger partial charge in [-0.25, -0.2) is 0 Å². The molecule has 0 saturated heterocycles. The van der Waals surface area contributed by atoms with Crippen LogP contribution in [0.4, 0.5) is 18.9 Å². The number of allylic oxidation sites excluding steroid dienone is 1. The molecule has 6 nitrogen and oxygen atoms in total. The Hall–Kier alpha value is -3.01. The van der Waals surface area contributed by atoms with Crippen LogP contribution in [0, 0.1) is 17.2 Å². The number of halogens is 5. The van der Waals surface area contributed by atoms with Crippen LogP contribution in [-0.2, 0) is 4.79 Å². The first-order chi connectivity index (χ1) is 18.5. The standard InChI is InChI=1S/C26H18Cl2F3N3O3S2/c27-14-5-3-6-15(11-14)33-20(35)13-39-24-17(12-32)21(16-7-1-2-8-18(16)28)22(23(36)19-9-4-10-38-19)25(37,34-24)26(29,30)31/h1-11,21-22,34,37H,13H2,(H,33,35). The van der Waals surface area contributed by atoms with Crippen LogP contribution in [0.1, 0.15) is 21.2 Å². The molecule has 1 amide bonds. The predicted molar refractivity (Wildman–Crippen MR) is 146 cm³/mol. The van der Waals surface area contributed by atoms with Gasteiger partial charge in [0.1, 0.15) is 0 Å². The largest absolute Gasteiger partial charge is 0.437 e. The second kappa shape index (κ2) is 11.6. The summed E-state index contributed by atoms with van der Waals surface area (Å²) in [5.41, 5.74) is -3.64. The summed E-state index contributed by atoms with van der Waals surface area (Å²) in [6.07, 6.45) is -5.36. The van der Waals surface area contributed by atoms with E-state index >= 15 is 0 Å². The number of alkyl halides is 3. The molecule has 0 bridgehead atoms. The van der Waals surface area contributed by atoms with Gasteiger partial charge in [-0.15, -0.1) is 11.3 Å². The number of nitrogens with zero attached hydrogens (tertiary/aromatic N) is 1. The van der Waals surface area contributed by atoms with Crippen molar-refractivity contribution < 1.29 is 27.9 Å². The van der Waals surface area contributed by atoms with Gasteiger partial charge in [0.2, 0.25) is 11.6 Å². The van der Waals surface area contributed by atoms with E-state index in [1.54, 1.807) is 24.3 Å². The van der Waals surface area contributed by atoms with Crippen LogP contribution in [0.5, 0.6) is 0 Å². The van der Waals surface area contributed by atoms with E-state index < -0.39 is 46.2 Å². The molecular weight excluding hydrogens is 594 g/mol. The van der Waals surface area contributed by atoms with Crippen molar-refractivity contribution in [2.24, 2.45) is 5.92 Å². The molecule has 0 spiro atoms. The van der Waals surface area contributed by atoms with Crippen molar-refractivity contribution in [3.63, 3.8) is 0 Å². The van der Waals surface area contributed by atoms with Gasteiger partial charge in [-0.05, 0) is 41.3 Å². The third-order valence-electron chi connectivity index (χ3n) is 5.94. The highest BCUT2D eigenvalue weighted by Gasteiger charge is 2.66. The molecule has 0 aliphatic carbocycles. The smallest absolute Gasteiger partial charge is 0.363 e. The Kier molecular flexibility index (Phi) is 8.63. The first-order valence-corrected chi connectivity index (χ1v) is 13.8. The summed E-state index contributed by atoms with van der Waals surface area (Å²) in [4.78, 5) is 26.1. The number of thiophene rings is 1. The number of amides is 1. The predicted octanol–water partition coefficient (Wildman–Crippen LogP) is 6.60. The zero-order chi connectivity index (χ0) is 28.4. The van der Waals surface area contributed by atoms with Crippen molar-refractivity contribution in [3.8, 4) is 6.07 Å². The summed E-state index contributed by atoms with van der Waals surface area (Å²) >= 11 is 13.8. The molecule has 39 heavy (non-hydrogen) atoms. The van der Waals surface area contributed by atoms with Gasteiger partial charge in [-0.3, -0.25) is 9.59 Å². The Bertz CT molecular complexity index is 1470. The molecule has 3 unspecified atom stereocenters. The number of benzene rings is 2. The van der Waals surface area contributed by atoms with E-state index in [1.807, 2.05) is 11.4 Å². The molecule has 13 heteroatoms. The van der Waals surface area contributed by atoms with Gasteiger partial charge in [0.25, 0.3) is 0 Å². The summed E-state index contributed by atoms with van der Waals surface area (Å²) in [5.74, 6) is -5.82. The lowest BCUT2D eigenvalue weighted by atomic mass is 9.70. The molecule has 3 N–H and O–H groups in total. The minimum atomic E-state index is -5.36. The summed E-state index contributed by atoms with van der Waals surface area (Å²) in [7, 11) is 0. The van der Waals surface area contributed by atoms with Crippen molar-refractivity contribution in [1.29, 1.82) is 5.26 Å². The van der Waals surface area contributed by atoms with E-state index in [4.69, 9.17) is 23.2 Å². The maximum absolute atomic E-state index is 14.6. The molecule has 0 fully saturated rings.